The maximum atomic E-state index is 3.76. The SMILES string of the molecule is BrC[C@@H]1[CH2][Ge]([c]2ccccc2)([c]2ccccc2)[CH2][C@H]1CBr. The Morgan fingerprint density at radius 2 is 1.10 bits per heavy atom. The number of hydrogen-bond acceptors (Lipinski definition) is 0. The molecule has 0 bridgehead atoms. The van der Waals surface area contributed by atoms with Crippen LogP contribution in [0.5, 0.6) is 0 Å². The van der Waals surface area contributed by atoms with Crippen molar-refractivity contribution in [2.45, 2.75) is 10.5 Å². The van der Waals surface area contributed by atoms with Crippen LogP contribution in [-0.2, 0) is 0 Å². The molecule has 3 heteroatoms. The van der Waals surface area contributed by atoms with Crippen LogP contribution in [0.3, 0.4) is 0 Å². The molecule has 0 N–H and O–H groups in total. The second kappa shape index (κ2) is 7.01. The zero-order valence-corrected chi connectivity index (χ0v) is 17.3. The summed E-state index contributed by atoms with van der Waals surface area (Å²) in [6.45, 7) is 0. The molecule has 3 rings (SSSR count). The first-order valence-electron chi connectivity index (χ1n) is 7.53. The molecule has 110 valence electrons. The fourth-order valence-electron chi connectivity index (χ4n) is 3.83. The van der Waals surface area contributed by atoms with Crippen LogP contribution in [-0.4, -0.2) is 23.9 Å². The Morgan fingerprint density at radius 3 is 1.43 bits per heavy atom. The molecule has 0 saturated carbocycles. The third kappa shape index (κ3) is 3.04. The minimum atomic E-state index is -2.24. The first-order valence-corrected chi connectivity index (χ1v) is 14.8. The number of rotatable bonds is 4. The van der Waals surface area contributed by atoms with E-state index < -0.39 is 13.3 Å². The summed E-state index contributed by atoms with van der Waals surface area (Å²) in [6.07, 6.45) is 0. The number of hydrogen-bond donors (Lipinski definition) is 0. The number of halogens is 2. The van der Waals surface area contributed by atoms with E-state index in [0.29, 0.717) is 0 Å². The molecule has 0 amide bonds. The summed E-state index contributed by atoms with van der Waals surface area (Å²) in [5, 5.41) is 5.09. The Kier molecular flexibility index (Phi) is 5.28. The predicted molar refractivity (Wildman–Crippen MR) is 102 cm³/mol. The van der Waals surface area contributed by atoms with Gasteiger partial charge in [0.1, 0.15) is 0 Å². The first kappa shape index (κ1) is 15.8. The third-order valence-electron chi connectivity index (χ3n) is 4.94. The van der Waals surface area contributed by atoms with Crippen molar-refractivity contribution in [3.63, 3.8) is 0 Å². The molecular weight excluding hydrogens is 449 g/mol. The topological polar surface area (TPSA) is 0 Å². The average molecular weight is 469 g/mol. The van der Waals surface area contributed by atoms with Crippen LogP contribution in [0, 0.1) is 11.8 Å². The quantitative estimate of drug-likeness (QED) is 0.464. The molecular formula is C18H20Br2Ge. The standard InChI is InChI=1S/C18H20Br2Ge/c19-11-15-13-21(14-16(15)12-20,17-7-3-1-4-8-17)18-9-5-2-6-10-18/h1-10,15-16H,11-14H2/t15-,16-/m1/s1. The molecule has 0 aromatic heterocycles. The van der Waals surface area contributed by atoms with E-state index >= 15 is 0 Å². The third-order valence-corrected chi connectivity index (χ3v) is 17.8. The van der Waals surface area contributed by atoms with E-state index in [2.05, 4.69) is 92.5 Å². The predicted octanol–water partition coefficient (Wildman–Crippen LogP) is 4.29. The van der Waals surface area contributed by atoms with Gasteiger partial charge >= 0.3 is 148 Å². The molecule has 0 nitrogen and oxygen atoms in total. The van der Waals surface area contributed by atoms with Crippen molar-refractivity contribution >= 4 is 53.9 Å². The maximum absolute atomic E-state index is 3.76. The van der Waals surface area contributed by atoms with Crippen molar-refractivity contribution in [1.82, 2.24) is 0 Å². The van der Waals surface area contributed by atoms with Crippen molar-refractivity contribution in [2.75, 3.05) is 10.7 Å². The van der Waals surface area contributed by atoms with Crippen LogP contribution >= 0.6 is 31.9 Å². The van der Waals surface area contributed by atoms with Gasteiger partial charge in [-0.15, -0.1) is 0 Å². The Bertz CT molecular complexity index is 517. The summed E-state index contributed by atoms with van der Waals surface area (Å²) in [6, 6.07) is 22.7. The summed E-state index contributed by atoms with van der Waals surface area (Å²) in [7, 11) is 0. The van der Waals surface area contributed by atoms with E-state index in [1.165, 1.54) is 10.5 Å². The van der Waals surface area contributed by atoms with E-state index in [0.717, 1.165) is 22.5 Å². The van der Waals surface area contributed by atoms with Crippen LogP contribution in [0.4, 0.5) is 0 Å². The van der Waals surface area contributed by atoms with Crippen molar-refractivity contribution in [3.8, 4) is 0 Å². The fourth-order valence-corrected chi connectivity index (χ4v) is 19.4. The molecule has 2 atom stereocenters. The van der Waals surface area contributed by atoms with Gasteiger partial charge in [0, 0.05) is 0 Å². The molecule has 1 heterocycles. The van der Waals surface area contributed by atoms with Crippen LogP contribution in [0.1, 0.15) is 0 Å². The van der Waals surface area contributed by atoms with Gasteiger partial charge in [-0.1, -0.05) is 0 Å². The molecule has 0 spiro atoms. The zero-order chi connectivity index (χ0) is 14.7. The van der Waals surface area contributed by atoms with E-state index in [4.69, 9.17) is 0 Å². The zero-order valence-electron chi connectivity index (χ0n) is 12.0. The van der Waals surface area contributed by atoms with Crippen LogP contribution in [0.25, 0.3) is 0 Å². The van der Waals surface area contributed by atoms with Gasteiger partial charge in [0.05, 0.1) is 0 Å². The van der Waals surface area contributed by atoms with Crippen LogP contribution < -0.4 is 8.79 Å². The summed E-state index contributed by atoms with van der Waals surface area (Å²) in [5.41, 5.74) is 0. The molecule has 0 aliphatic carbocycles. The summed E-state index contributed by atoms with van der Waals surface area (Å²) in [5.74, 6) is 1.62. The molecule has 0 unspecified atom stereocenters. The van der Waals surface area contributed by atoms with E-state index in [-0.39, 0.29) is 0 Å². The van der Waals surface area contributed by atoms with Gasteiger partial charge < -0.3 is 0 Å². The van der Waals surface area contributed by atoms with Crippen LogP contribution in [0.15, 0.2) is 60.7 Å². The van der Waals surface area contributed by atoms with Crippen molar-refractivity contribution in [2.24, 2.45) is 11.8 Å². The second-order valence-electron chi connectivity index (χ2n) is 6.05. The van der Waals surface area contributed by atoms with Crippen molar-refractivity contribution in [1.29, 1.82) is 0 Å². The number of benzene rings is 2. The molecule has 2 aromatic rings. The fraction of sp³-hybridized carbons (Fsp3) is 0.333. The van der Waals surface area contributed by atoms with Crippen molar-refractivity contribution in [3.05, 3.63) is 60.7 Å². The molecule has 1 aliphatic rings. The van der Waals surface area contributed by atoms with Gasteiger partial charge in [0.2, 0.25) is 0 Å². The van der Waals surface area contributed by atoms with Gasteiger partial charge in [-0.3, -0.25) is 0 Å². The molecule has 21 heavy (non-hydrogen) atoms. The van der Waals surface area contributed by atoms with Crippen molar-refractivity contribution < 1.29 is 0 Å². The molecule has 2 aromatic carbocycles. The monoisotopic (exact) mass is 468 g/mol. The van der Waals surface area contributed by atoms with Gasteiger partial charge in [0.25, 0.3) is 0 Å². The Morgan fingerprint density at radius 1 is 0.714 bits per heavy atom. The summed E-state index contributed by atoms with van der Waals surface area (Å²) in [4.78, 5) is 0. The Hall–Kier alpha value is -0.0571. The van der Waals surface area contributed by atoms with Gasteiger partial charge in [-0.25, -0.2) is 0 Å². The molecule has 1 saturated heterocycles. The second-order valence-corrected chi connectivity index (χ2v) is 16.0. The number of alkyl halides is 2. The molecule has 0 radical (unpaired) electrons. The van der Waals surface area contributed by atoms with Crippen LogP contribution in [0.2, 0.25) is 10.5 Å². The first-order chi connectivity index (χ1) is 10.3. The summed E-state index contributed by atoms with van der Waals surface area (Å²) >= 11 is 5.29. The van der Waals surface area contributed by atoms with Gasteiger partial charge in [0.15, 0.2) is 0 Å². The summed E-state index contributed by atoms with van der Waals surface area (Å²) < 4.78 is 3.30. The van der Waals surface area contributed by atoms with E-state index in [9.17, 15) is 0 Å². The Labute approximate surface area is 147 Å². The van der Waals surface area contributed by atoms with Gasteiger partial charge in [-0.05, 0) is 0 Å². The average Bonchev–Trinajstić information content (AvgIpc) is 2.97. The Balaban J connectivity index is 2.09. The van der Waals surface area contributed by atoms with E-state index in [1.807, 2.05) is 0 Å². The normalized spacial score (nSPS) is 24.1. The van der Waals surface area contributed by atoms with E-state index in [1.54, 1.807) is 8.79 Å². The van der Waals surface area contributed by atoms with Gasteiger partial charge in [-0.2, -0.15) is 0 Å². The minimum absolute atomic E-state index is 0.810. The molecule has 1 aliphatic heterocycles. The molecule has 1 fully saturated rings.